The van der Waals surface area contributed by atoms with Crippen molar-refractivity contribution in [2.75, 3.05) is 0 Å². The maximum absolute atomic E-state index is 6.57. The molecule has 1 saturated heterocycles. The third-order valence-electron chi connectivity index (χ3n) is 5.15. The van der Waals surface area contributed by atoms with Gasteiger partial charge in [0.2, 0.25) is 0 Å². The van der Waals surface area contributed by atoms with Crippen LogP contribution in [-0.2, 0) is 4.84 Å². The first-order valence-electron chi connectivity index (χ1n) is 8.51. The molecule has 0 spiro atoms. The summed E-state index contributed by atoms with van der Waals surface area (Å²) >= 11 is 2.63. The van der Waals surface area contributed by atoms with E-state index in [9.17, 15) is 0 Å². The van der Waals surface area contributed by atoms with E-state index in [1.807, 2.05) is 0 Å². The predicted molar refractivity (Wildman–Crippen MR) is 102 cm³/mol. The van der Waals surface area contributed by atoms with Crippen molar-refractivity contribution in [3.63, 3.8) is 0 Å². The smallest absolute Gasteiger partial charge is 0.102 e. The van der Waals surface area contributed by atoms with E-state index in [0.717, 1.165) is 16.8 Å². The van der Waals surface area contributed by atoms with Crippen molar-refractivity contribution in [1.82, 2.24) is 5.06 Å². The van der Waals surface area contributed by atoms with Crippen molar-refractivity contribution in [2.24, 2.45) is 0 Å². The highest BCUT2D eigenvalue weighted by Gasteiger charge is 2.49. The first kappa shape index (κ1) is 18.2. The van der Waals surface area contributed by atoms with Crippen molar-refractivity contribution in [2.45, 2.75) is 81.4 Å². The molecule has 124 valence electrons. The molecule has 2 nitrogen and oxygen atoms in total. The van der Waals surface area contributed by atoms with Gasteiger partial charge in [0.25, 0.3) is 0 Å². The van der Waals surface area contributed by atoms with Gasteiger partial charge in [0.05, 0.1) is 0 Å². The molecule has 1 heterocycles. The van der Waals surface area contributed by atoms with E-state index >= 15 is 0 Å². The summed E-state index contributed by atoms with van der Waals surface area (Å²) in [5.74, 6) is 0. The summed E-state index contributed by atoms with van der Waals surface area (Å²) in [5, 5.41) is 2.35. The number of piperidine rings is 1. The van der Waals surface area contributed by atoms with Crippen molar-refractivity contribution < 1.29 is 4.84 Å². The number of rotatable bonds is 5. The van der Waals surface area contributed by atoms with Gasteiger partial charge in [-0.1, -0.05) is 66.8 Å². The highest BCUT2D eigenvalue weighted by atomic mass is 127. The fraction of sp³-hybridized carbons (Fsp3) is 0.684. The average molecular weight is 415 g/mol. The van der Waals surface area contributed by atoms with Gasteiger partial charge in [-0.2, -0.15) is 5.06 Å². The van der Waals surface area contributed by atoms with Crippen molar-refractivity contribution in [3.8, 4) is 0 Å². The Balaban J connectivity index is 2.27. The molecule has 2 atom stereocenters. The van der Waals surface area contributed by atoms with Gasteiger partial charge >= 0.3 is 0 Å². The number of nitrogens with zero attached hydrogens (tertiary/aromatic N) is 1. The summed E-state index contributed by atoms with van der Waals surface area (Å²) < 4.78 is 0.722. The SMILES string of the molecule is CCC1(CC)CC(I)CC(C)(C)N1OC(C)c1ccccc1. The molecule has 2 rings (SSSR count). The van der Waals surface area contributed by atoms with Crippen LogP contribution in [0.1, 0.15) is 72.0 Å². The molecule has 0 bridgehead atoms. The summed E-state index contributed by atoms with van der Waals surface area (Å²) in [4.78, 5) is 6.57. The Bertz CT molecular complexity index is 470. The lowest BCUT2D eigenvalue weighted by Crippen LogP contribution is -2.63. The van der Waals surface area contributed by atoms with Crippen LogP contribution in [0.3, 0.4) is 0 Å². The summed E-state index contributed by atoms with van der Waals surface area (Å²) in [6.45, 7) is 11.4. The topological polar surface area (TPSA) is 12.5 Å². The van der Waals surface area contributed by atoms with Crippen LogP contribution in [0, 0.1) is 0 Å². The van der Waals surface area contributed by atoms with E-state index in [1.165, 1.54) is 18.4 Å². The maximum atomic E-state index is 6.57. The lowest BCUT2D eigenvalue weighted by Gasteiger charge is -2.56. The molecule has 0 N–H and O–H groups in total. The van der Waals surface area contributed by atoms with Gasteiger partial charge in [0.1, 0.15) is 6.10 Å². The van der Waals surface area contributed by atoms with Gasteiger partial charge in [-0.25, -0.2) is 0 Å². The van der Waals surface area contributed by atoms with Crippen LogP contribution in [0.2, 0.25) is 0 Å². The Kier molecular flexibility index (Phi) is 5.95. The van der Waals surface area contributed by atoms with Crippen LogP contribution in [0.15, 0.2) is 30.3 Å². The van der Waals surface area contributed by atoms with E-state index < -0.39 is 0 Å². The molecule has 0 aliphatic carbocycles. The van der Waals surface area contributed by atoms with Crippen LogP contribution in [0.5, 0.6) is 0 Å². The number of hydroxylamine groups is 2. The second-order valence-electron chi connectivity index (χ2n) is 7.20. The molecule has 0 saturated carbocycles. The molecular weight excluding hydrogens is 385 g/mol. The lowest BCUT2D eigenvalue weighted by atomic mass is 9.77. The lowest BCUT2D eigenvalue weighted by molar-refractivity contribution is -0.312. The fourth-order valence-corrected chi connectivity index (χ4v) is 5.76. The zero-order chi connectivity index (χ0) is 16.4. The molecule has 1 aliphatic rings. The van der Waals surface area contributed by atoms with E-state index in [4.69, 9.17) is 4.84 Å². The fourth-order valence-electron chi connectivity index (χ4n) is 3.86. The summed E-state index contributed by atoms with van der Waals surface area (Å²) in [6, 6.07) is 10.5. The Labute approximate surface area is 149 Å². The third kappa shape index (κ3) is 3.68. The molecule has 0 radical (unpaired) electrons. The standard InChI is InChI=1S/C19H30INO/c1-6-19(7-2)14-17(20)13-18(4,5)21(19)22-15(3)16-11-9-8-10-12-16/h8-12,15,17H,6-7,13-14H2,1-5H3. The van der Waals surface area contributed by atoms with E-state index in [2.05, 4.69) is 92.6 Å². The third-order valence-corrected chi connectivity index (χ3v) is 6.03. The first-order chi connectivity index (χ1) is 10.3. The van der Waals surface area contributed by atoms with Crippen molar-refractivity contribution in [1.29, 1.82) is 0 Å². The van der Waals surface area contributed by atoms with Gasteiger partial charge < -0.3 is 0 Å². The summed E-state index contributed by atoms with van der Waals surface area (Å²) in [7, 11) is 0. The van der Waals surface area contributed by atoms with Gasteiger partial charge in [-0.3, -0.25) is 4.84 Å². The minimum Gasteiger partial charge on any atom is -0.290 e. The number of benzene rings is 1. The van der Waals surface area contributed by atoms with Crippen LogP contribution in [0.4, 0.5) is 0 Å². The highest BCUT2D eigenvalue weighted by molar-refractivity contribution is 14.1. The van der Waals surface area contributed by atoms with Gasteiger partial charge in [-0.15, -0.1) is 0 Å². The van der Waals surface area contributed by atoms with E-state index in [0.29, 0.717) is 0 Å². The van der Waals surface area contributed by atoms with Gasteiger partial charge in [-0.05, 0) is 52.0 Å². The quantitative estimate of drug-likeness (QED) is 0.438. The molecule has 0 aromatic heterocycles. The number of alkyl halides is 1. The number of hydrogen-bond donors (Lipinski definition) is 0. The van der Waals surface area contributed by atoms with Crippen molar-refractivity contribution >= 4 is 22.6 Å². The molecule has 3 heteroatoms. The Morgan fingerprint density at radius 1 is 1.18 bits per heavy atom. The van der Waals surface area contributed by atoms with Crippen molar-refractivity contribution in [3.05, 3.63) is 35.9 Å². The second kappa shape index (κ2) is 7.18. The molecule has 1 fully saturated rings. The molecule has 1 aliphatic heterocycles. The molecule has 1 aromatic carbocycles. The van der Waals surface area contributed by atoms with E-state index in [1.54, 1.807) is 0 Å². The molecule has 1 aromatic rings. The predicted octanol–water partition coefficient (Wildman–Crippen LogP) is 5.92. The second-order valence-corrected chi connectivity index (χ2v) is 8.96. The minimum atomic E-state index is 0.0686. The van der Waals surface area contributed by atoms with Crippen LogP contribution < -0.4 is 0 Å². The monoisotopic (exact) mass is 415 g/mol. The average Bonchev–Trinajstić information content (AvgIpc) is 2.50. The molecule has 22 heavy (non-hydrogen) atoms. The van der Waals surface area contributed by atoms with Gasteiger partial charge in [0.15, 0.2) is 0 Å². The normalized spacial score (nSPS) is 25.8. The Hall–Kier alpha value is -0.130. The molecule has 2 unspecified atom stereocenters. The number of hydrogen-bond acceptors (Lipinski definition) is 2. The summed E-state index contributed by atoms with van der Waals surface area (Å²) in [5.41, 5.74) is 1.46. The largest absolute Gasteiger partial charge is 0.290 e. The first-order valence-corrected chi connectivity index (χ1v) is 9.75. The zero-order valence-electron chi connectivity index (χ0n) is 14.6. The molecular formula is C19H30INO. The Morgan fingerprint density at radius 3 is 2.32 bits per heavy atom. The summed E-state index contributed by atoms with van der Waals surface area (Å²) in [6.07, 6.45) is 4.74. The van der Waals surface area contributed by atoms with Crippen LogP contribution >= 0.6 is 22.6 Å². The van der Waals surface area contributed by atoms with Gasteiger partial charge in [0, 0.05) is 15.0 Å². The zero-order valence-corrected chi connectivity index (χ0v) is 16.8. The number of halogens is 1. The van der Waals surface area contributed by atoms with Crippen LogP contribution in [-0.4, -0.2) is 20.1 Å². The van der Waals surface area contributed by atoms with Crippen LogP contribution in [0.25, 0.3) is 0 Å². The Morgan fingerprint density at radius 2 is 1.77 bits per heavy atom. The highest BCUT2D eigenvalue weighted by Crippen LogP contribution is 2.46. The molecule has 0 amide bonds. The minimum absolute atomic E-state index is 0.0686. The maximum Gasteiger partial charge on any atom is 0.102 e. The van der Waals surface area contributed by atoms with E-state index in [-0.39, 0.29) is 17.2 Å².